The van der Waals surface area contributed by atoms with Gasteiger partial charge in [0.25, 0.3) is 0 Å². The Kier molecular flexibility index (Phi) is 3.44. The van der Waals surface area contributed by atoms with Gasteiger partial charge in [0.05, 0.1) is 6.10 Å². The summed E-state index contributed by atoms with van der Waals surface area (Å²) in [6.07, 6.45) is 9.54. The largest absolute Gasteiger partial charge is 0.373 e. The van der Waals surface area contributed by atoms with Crippen LogP contribution in [0.5, 0.6) is 0 Å². The first-order valence-corrected chi connectivity index (χ1v) is 5.92. The molecule has 1 saturated carbocycles. The third-order valence-corrected chi connectivity index (χ3v) is 3.54. The van der Waals surface area contributed by atoms with Gasteiger partial charge in [-0.1, -0.05) is 25.8 Å². The van der Waals surface area contributed by atoms with Crippen LogP contribution in [0.15, 0.2) is 17.9 Å². The molecule has 0 radical (unpaired) electrons. The highest BCUT2D eigenvalue weighted by Crippen LogP contribution is 2.34. The molecule has 2 rings (SSSR count). The monoisotopic (exact) mass is 192 g/mol. The van der Waals surface area contributed by atoms with Gasteiger partial charge < -0.3 is 4.74 Å². The van der Waals surface area contributed by atoms with E-state index in [4.69, 9.17) is 4.74 Å². The molecule has 78 valence electrons. The Bertz CT molecular complexity index is 232. The molecule has 1 unspecified atom stereocenters. The van der Waals surface area contributed by atoms with Crippen molar-refractivity contribution in [2.45, 2.75) is 51.0 Å². The molecule has 14 heavy (non-hydrogen) atoms. The molecule has 1 aliphatic heterocycles. The zero-order chi connectivity index (χ0) is 9.80. The first-order chi connectivity index (χ1) is 6.92. The number of rotatable bonds is 1. The topological polar surface area (TPSA) is 9.23 Å². The van der Waals surface area contributed by atoms with Crippen LogP contribution in [0.2, 0.25) is 0 Å². The fraction of sp³-hybridized carbons (Fsp3) is 0.769. The van der Waals surface area contributed by atoms with Gasteiger partial charge in [-0.25, -0.2) is 0 Å². The Hall–Kier alpha value is -0.520. The fourth-order valence-corrected chi connectivity index (χ4v) is 2.76. The van der Waals surface area contributed by atoms with Crippen LogP contribution in [0.25, 0.3) is 0 Å². The van der Waals surface area contributed by atoms with Gasteiger partial charge in [0.1, 0.15) is 0 Å². The van der Waals surface area contributed by atoms with Crippen molar-refractivity contribution in [3.05, 3.63) is 17.9 Å². The van der Waals surface area contributed by atoms with E-state index in [0.29, 0.717) is 6.10 Å². The van der Waals surface area contributed by atoms with Gasteiger partial charge in [0, 0.05) is 12.2 Å². The predicted molar refractivity (Wildman–Crippen MR) is 58.2 cm³/mol. The maximum Gasteiger partial charge on any atom is 0.0886 e. The molecule has 1 nitrogen and oxygen atoms in total. The van der Waals surface area contributed by atoms with E-state index in [2.05, 4.69) is 12.3 Å². The molecule has 0 aromatic carbocycles. The minimum absolute atomic E-state index is 0.363. The van der Waals surface area contributed by atoms with Gasteiger partial charge >= 0.3 is 0 Å². The molecule has 1 saturated heterocycles. The highest BCUT2D eigenvalue weighted by molar-refractivity contribution is 5.10. The van der Waals surface area contributed by atoms with E-state index >= 15 is 0 Å². The average molecular weight is 192 g/mol. The van der Waals surface area contributed by atoms with Gasteiger partial charge in [0.2, 0.25) is 0 Å². The molecular formula is C13H20O. The van der Waals surface area contributed by atoms with E-state index in [1.54, 1.807) is 0 Å². The van der Waals surface area contributed by atoms with Crippen molar-refractivity contribution in [1.82, 2.24) is 0 Å². The molecule has 2 aliphatic rings. The summed E-state index contributed by atoms with van der Waals surface area (Å²) in [7, 11) is 0. The minimum atomic E-state index is 0.363. The summed E-state index contributed by atoms with van der Waals surface area (Å²) >= 11 is 0. The second-order valence-corrected chi connectivity index (χ2v) is 4.50. The van der Waals surface area contributed by atoms with Gasteiger partial charge in [0.15, 0.2) is 0 Å². The maximum absolute atomic E-state index is 5.88. The average Bonchev–Trinajstić information content (AvgIpc) is 2.30. The van der Waals surface area contributed by atoms with Gasteiger partial charge in [-0.3, -0.25) is 0 Å². The quantitative estimate of drug-likeness (QED) is 0.578. The molecule has 1 heteroatoms. The van der Waals surface area contributed by atoms with Crippen LogP contribution in [0, 0.1) is 5.92 Å². The van der Waals surface area contributed by atoms with Crippen molar-refractivity contribution < 1.29 is 4.74 Å². The second-order valence-electron chi connectivity index (χ2n) is 4.50. The van der Waals surface area contributed by atoms with Crippen LogP contribution in [0.1, 0.15) is 44.9 Å². The van der Waals surface area contributed by atoms with E-state index < -0.39 is 0 Å². The summed E-state index contributed by atoms with van der Waals surface area (Å²) in [6, 6.07) is 0. The first-order valence-electron chi connectivity index (χ1n) is 5.92. The molecule has 0 amide bonds. The third-order valence-electron chi connectivity index (χ3n) is 3.54. The van der Waals surface area contributed by atoms with Crippen molar-refractivity contribution in [2.75, 3.05) is 6.61 Å². The van der Waals surface area contributed by atoms with E-state index in [1.165, 1.54) is 37.7 Å². The van der Waals surface area contributed by atoms with Crippen LogP contribution in [-0.4, -0.2) is 12.7 Å². The van der Waals surface area contributed by atoms with Crippen LogP contribution in [0.3, 0.4) is 0 Å². The molecule has 0 bridgehead atoms. The van der Waals surface area contributed by atoms with Gasteiger partial charge in [-0.2, -0.15) is 0 Å². The van der Waals surface area contributed by atoms with Crippen molar-refractivity contribution in [3.63, 3.8) is 0 Å². The summed E-state index contributed by atoms with van der Waals surface area (Å²) in [4.78, 5) is 0. The van der Waals surface area contributed by atoms with Crippen LogP contribution in [-0.2, 0) is 4.74 Å². The molecule has 1 atom stereocenters. The SMILES string of the molecule is C=C=C1CCCOC1C1CCCCC1. The smallest absolute Gasteiger partial charge is 0.0886 e. The second kappa shape index (κ2) is 4.82. The van der Waals surface area contributed by atoms with E-state index in [-0.39, 0.29) is 0 Å². The van der Waals surface area contributed by atoms with E-state index in [9.17, 15) is 0 Å². The first kappa shape index (κ1) is 10.0. The van der Waals surface area contributed by atoms with Crippen molar-refractivity contribution in [2.24, 2.45) is 5.92 Å². The summed E-state index contributed by atoms with van der Waals surface area (Å²) in [5, 5.41) is 0. The molecule has 0 N–H and O–H groups in total. The molecular weight excluding hydrogens is 172 g/mol. The molecule has 0 aromatic rings. The van der Waals surface area contributed by atoms with Crippen LogP contribution >= 0.6 is 0 Å². The Morgan fingerprint density at radius 2 is 1.93 bits per heavy atom. The number of hydrogen-bond acceptors (Lipinski definition) is 1. The van der Waals surface area contributed by atoms with Crippen molar-refractivity contribution in [1.29, 1.82) is 0 Å². The zero-order valence-electron chi connectivity index (χ0n) is 8.93. The highest BCUT2D eigenvalue weighted by Gasteiger charge is 2.29. The summed E-state index contributed by atoms with van der Waals surface area (Å²) < 4.78 is 5.88. The lowest BCUT2D eigenvalue weighted by atomic mass is 9.81. The van der Waals surface area contributed by atoms with Gasteiger partial charge in [-0.05, 0) is 31.6 Å². The zero-order valence-corrected chi connectivity index (χ0v) is 8.93. The third kappa shape index (κ3) is 2.10. The molecule has 2 fully saturated rings. The number of ether oxygens (including phenoxy) is 1. The predicted octanol–water partition coefficient (Wildman–Crippen LogP) is 3.46. The fourth-order valence-electron chi connectivity index (χ4n) is 2.76. The summed E-state index contributed by atoms with van der Waals surface area (Å²) in [5.41, 5.74) is 4.43. The summed E-state index contributed by atoms with van der Waals surface area (Å²) in [6.45, 7) is 4.72. The molecule has 0 spiro atoms. The van der Waals surface area contributed by atoms with Gasteiger partial charge in [-0.15, -0.1) is 5.73 Å². The summed E-state index contributed by atoms with van der Waals surface area (Å²) in [5.74, 6) is 0.758. The number of hydrogen-bond donors (Lipinski definition) is 0. The Labute approximate surface area is 86.8 Å². The Morgan fingerprint density at radius 1 is 1.14 bits per heavy atom. The minimum Gasteiger partial charge on any atom is -0.373 e. The highest BCUT2D eigenvalue weighted by atomic mass is 16.5. The normalized spacial score (nSPS) is 30.0. The lowest BCUT2D eigenvalue weighted by Crippen LogP contribution is -2.31. The van der Waals surface area contributed by atoms with Crippen LogP contribution in [0.4, 0.5) is 0 Å². The Balaban J connectivity index is 2.02. The lowest BCUT2D eigenvalue weighted by Gasteiger charge is -2.34. The molecule has 0 aromatic heterocycles. The van der Waals surface area contributed by atoms with Crippen molar-refractivity contribution in [3.8, 4) is 0 Å². The Morgan fingerprint density at radius 3 is 2.64 bits per heavy atom. The van der Waals surface area contributed by atoms with E-state index in [0.717, 1.165) is 25.4 Å². The van der Waals surface area contributed by atoms with Crippen molar-refractivity contribution >= 4 is 0 Å². The van der Waals surface area contributed by atoms with E-state index in [1.807, 2.05) is 0 Å². The molecule has 1 aliphatic carbocycles. The standard InChI is InChI=1S/C13H20O/c1-2-11-9-6-10-14-13(11)12-7-4-3-5-8-12/h12-13H,1,3-10H2. The molecule has 1 heterocycles. The van der Waals surface area contributed by atoms with Crippen LogP contribution < -0.4 is 0 Å². The lowest BCUT2D eigenvalue weighted by molar-refractivity contribution is 0.00420. The maximum atomic E-state index is 5.88.